The lowest BCUT2D eigenvalue weighted by atomic mass is 10.2. The molecule has 1 aromatic carbocycles. The number of aryl methyl sites for hydroxylation is 1. The maximum atomic E-state index is 12.6. The summed E-state index contributed by atoms with van der Waals surface area (Å²) in [6, 6.07) is 8.36. The Hall–Kier alpha value is -2.28. The smallest absolute Gasteiger partial charge is 0.354 e. The minimum Gasteiger partial charge on any atom is -0.461 e. The zero-order chi connectivity index (χ0) is 17.2. The molecule has 1 N–H and O–H groups in total. The molecule has 0 bridgehead atoms. The second kappa shape index (κ2) is 6.45. The quantitative estimate of drug-likeness (QED) is 0.852. The van der Waals surface area contributed by atoms with E-state index in [0.717, 1.165) is 5.56 Å². The molecule has 0 unspecified atom stereocenters. The van der Waals surface area contributed by atoms with E-state index < -0.39 is 16.0 Å². The third kappa shape index (κ3) is 3.56. The van der Waals surface area contributed by atoms with Gasteiger partial charge in [-0.05, 0) is 39.0 Å². The summed E-state index contributed by atoms with van der Waals surface area (Å²) in [6.07, 6.45) is 0. The topological polar surface area (TPSA) is 77.4 Å². The number of sulfonamides is 1. The minimum atomic E-state index is -3.79. The van der Waals surface area contributed by atoms with Gasteiger partial charge in [-0.25, -0.2) is 13.2 Å². The van der Waals surface area contributed by atoms with E-state index in [9.17, 15) is 13.2 Å². The number of esters is 1. The van der Waals surface area contributed by atoms with Crippen molar-refractivity contribution in [3.63, 3.8) is 0 Å². The Morgan fingerprint density at radius 1 is 1.22 bits per heavy atom. The normalized spacial score (nSPS) is 11.3. The van der Waals surface area contributed by atoms with Crippen molar-refractivity contribution < 1.29 is 17.9 Å². The van der Waals surface area contributed by atoms with Gasteiger partial charge in [0.2, 0.25) is 0 Å². The molecular formula is C16H20N2O4S. The van der Waals surface area contributed by atoms with Gasteiger partial charge in [-0.2, -0.15) is 0 Å². The Morgan fingerprint density at radius 2 is 1.83 bits per heavy atom. The molecule has 7 heteroatoms. The second-order valence-electron chi connectivity index (χ2n) is 5.23. The van der Waals surface area contributed by atoms with Crippen LogP contribution in [0.3, 0.4) is 0 Å². The van der Waals surface area contributed by atoms with Crippen LogP contribution in [0.5, 0.6) is 0 Å². The molecule has 0 amide bonds. The first-order valence-corrected chi connectivity index (χ1v) is 8.67. The van der Waals surface area contributed by atoms with Gasteiger partial charge in [0.25, 0.3) is 10.0 Å². The van der Waals surface area contributed by atoms with Gasteiger partial charge in [0, 0.05) is 18.4 Å². The summed E-state index contributed by atoms with van der Waals surface area (Å²) in [7, 11) is -2.15. The molecule has 0 spiro atoms. The number of nitrogens with zero attached hydrogens (tertiary/aromatic N) is 1. The van der Waals surface area contributed by atoms with E-state index in [4.69, 9.17) is 4.74 Å². The van der Waals surface area contributed by atoms with Crippen molar-refractivity contribution in [2.24, 2.45) is 7.05 Å². The van der Waals surface area contributed by atoms with Gasteiger partial charge in [0.15, 0.2) is 0 Å². The Labute approximate surface area is 136 Å². The lowest BCUT2D eigenvalue weighted by molar-refractivity contribution is 0.0515. The maximum Gasteiger partial charge on any atom is 0.354 e. The van der Waals surface area contributed by atoms with Crippen molar-refractivity contribution in [1.82, 2.24) is 4.57 Å². The summed E-state index contributed by atoms with van der Waals surface area (Å²) in [6.45, 7) is 5.49. The molecule has 23 heavy (non-hydrogen) atoms. The van der Waals surface area contributed by atoms with E-state index in [1.54, 1.807) is 33.0 Å². The highest BCUT2D eigenvalue weighted by atomic mass is 32.2. The molecule has 1 aromatic heterocycles. The highest BCUT2D eigenvalue weighted by Crippen LogP contribution is 2.23. The Morgan fingerprint density at radius 3 is 2.39 bits per heavy atom. The molecule has 0 fully saturated rings. The molecule has 2 rings (SSSR count). The first kappa shape index (κ1) is 17.1. The average Bonchev–Trinajstić information content (AvgIpc) is 2.79. The molecule has 0 radical (unpaired) electrons. The number of hydrogen-bond acceptors (Lipinski definition) is 4. The van der Waals surface area contributed by atoms with Gasteiger partial charge in [0.05, 0.1) is 6.61 Å². The van der Waals surface area contributed by atoms with Crippen molar-refractivity contribution >= 4 is 21.7 Å². The fourth-order valence-electron chi connectivity index (χ4n) is 2.18. The van der Waals surface area contributed by atoms with Gasteiger partial charge in [-0.3, -0.25) is 4.72 Å². The number of aromatic nitrogens is 1. The largest absolute Gasteiger partial charge is 0.461 e. The highest BCUT2D eigenvalue weighted by molar-refractivity contribution is 7.92. The predicted octanol–water partition coefficient (Wildman–Crippen LogP) is 2.62. The Balaban J connectivity index is 2.38. The number of carbonyl (C=O) groups is 1. The summed E-state index contributed by atoms with van der Waals surface area (Å²) in [4.78, 5) is 12.0. The SMILES string of the molecule is CCOC(=O)c1cc(S(=O)(=O)Nc2ccc(C)cc2)c(C)n1C. The number of benzene rings is 1. The van der Waals surface area contributed by atoms with Crippen LogP contribution >= 0.6 is 0 Å². The van der Waals surface area contributed by atoms with E-state index >= 15 is 0 Å². The van der Waals surface area contributed by atoms with E-state index in [1.807, 2.05) is 19.1 Å². The Kier molecular flexibility index (Phi) is 4.79. The third-order valence-electron chi connectivity index (χ3n) is 3.57. The highest BCUT2D eigenvalue weighted by Gasteiger charge is 2.25. The van der Waals surface area contributed by atoms with Crippen molar-refractivity contribution in [3.05, 3.63) is 47.3 Å². The first-order valence-electron chi connectivity index (χ1n) is 7.19. The van der Waals surface area contributed by atoms with Gasteiger partial charge >= 0.3 is 5.97 Å². The molecule has 124 valence electrons. The van der Waals surface area contributed by atoms with Gasteiger partial charge < -0.3 is 9.30 Å². The average molecular weight is 336 g/mol. The van der Waals surface area contributed by atoms with Crippen LogP contribution in [0.25, 0.3) is 0 Å². The van der Waals surface area contributed by atoms with Crippen molar-refractivity contribution in [3.8, 4) is 0 Å². The lowest BCUT2D eigenvalue weighted by Crippen LogP contribution is -2.13. The van der Waals surface area contributed by atoms with E-state index in [1.165, 1.54) is 10.6 Å². The second-order valence-corrected chi connectivity index (χ2v) is 6.88. The zero-order valence-corrected chi connectivity index (χ0v) is 14.4. The van der Waals surface area contributed by atoms with Crippen molar-refractivity contribution in [2.45, 2.75) is 25.7 Å². The van der Waals surface area contributed by atoms with Crippen LogP contribution in [0, 0.1) is 13.8 Å². The number of rotatable bonds is 5. The molecular weight excluding hydrogens is 316 g/mol. The molecule has 0 aliphatic carbocycles. The van der Waals surface area contributed by atoms with Crippen molar-refractivity contribution in [2.75, 3.05) is 11.3 Å². The minimum absolute atomic E-state index is 0.0589. The van der Waals surface area contributed by atoms with E-state index in [0.29, 0.717) is 11.4 Å². The molecule has 0 saturated carbocycles. The lowest BCUT2D eigenvalue weighted by Gasteiger charge is -2.08. The molecule has 0 aliphatic heterocycles. The fraction of sp³-hybridized carbons (Fsp3) is 0.312. The Bertz CT molecular complexity index is 821. The first-order chi connectivity index (χ1) is 10.8. The summed E-state index contributed by atoms with van der Waals surface area (Å²) in [5, 5.41) is 0. The van der Waals surface area contributed by atoms with Crippen LogP contribution in [-0.4, -0.2) is 25.6 Å². The van der Waals surface area contributed by atoms with Gasteiger partial charge in [-0.15, -0.1) is 0 Å². The number of hydrogen-bond donors (Lipinski definition) is 1. The van der Waals surface area contributed by atoms with Crippen LogP contribution in [0.1, 0.15) is 28.7 Å². The number of carbonyl (C=O) groups excluding carboxylic acids is 1. The van der Waals surface area contributed by atoms with Crippen LogP contribution in [0.2, 0.25) is 0 Å². The molecule has 6 nitrogen and oxygen atoms in total. The monoisotopic (exact) mass is 336 g/mol. The third-order valence-corrected chi connectivity index (χ3v) is 5.06. The van der Waals surface area contributed by atoms with Gasteiger partial charge in [0.1, 0.15) is 10.6 Å². The summed E-state index contributed by atoms with van der Waals surface area (Å²) in [5.41, 5.74) is 2.17. The predicted molar refractivity (Wildman–Crippen MR) is 88.1 cm³/mol. The van der Waals surface area contributed by atoms with E-state index in [2.05, 4.69) is 4.72 Å². The zero-order valence-electron chi connectivity index (χ0n) is 13.6. The molecule has 0 aliphatic rings. The van der Waals surface area contributed by atoms with Gasteiger partial charge in [-0.1, -0.05) is 17.7 Å². The molecule has 2 aromatic rings. The number of anilines is 1. The van der Waals surface area contributed by atoms with Crippen LogP contribution in [0.15, 0.2) is 35.2 Å². The van der Waals surface area contributed by atoms with E-state index in [-0.39, 0.29) is 17.2 Å². The number of ether oxygens (including phenoxy) is 1. The summed E-state index contributed by atoms with van der Waals surface area (Å²) >= 11 is 0. The van der Waals surface area contributed by atoms with Crippen LogP contribution in [-0.2, 0) is 21.8 Å². The summed E-state index contributed by atoms with van der Waals surface area (Å²) < 4.78 is 34.1. The molecule has 0 saturated heterocycles. The van der Waals surface area contributed by atoms with Crippen molar-refractivity contribution in [1.29, 1.82) is 0 Å². The fourth-order valence-corrected chi connectivity index (χ4v) is 3.53. The molecule has 1 heterocycles. The van der Waals surface area contributed by atoms with Crippen LogP contribution in [0.4, 0.5) is 5.69 Å². The number of nitrogens with one attached hydrogen (secondary N) is 1. The van der Waals surface area contributed by atoms with Crippen LogP contribution < -0.4 is 4.72 Å². The standard InChI is InChI=1S/C16H20N2O4S/c1-5-22-16(19)14-10-15(12(3)18(14)4)23(20,21)17-13-8-6-11(2)7-9-13/h6-10,17H,5H2,1-4H3. The summed E-state index contributed by atoms with van der Waals surface area (Å²) in [5.74, 6) is -0.546. The maximum absolute atomic E-state index is 12.6. The molecule has 0 atom stereocenters.